The van der Waals surface area contributed by atoms with E-state index in [0.29, 0.717) is 45.8 Å². The van der Waals surface area contributed by atoms with Gasteiger partial charge in [0, 0.05) is 46.2 Å². The van der Waals surface area contributed by atoms with Crippen molar-refractivity contribution in [2.45, 2.75) is 52.0 Å². The molecular formula is C30H33FN2O6S. The van der Waals surface area contributed by atoms with E-state index < -0.39 is 22.1 Å². The van der Waals surface area contributed by atoms with Crippen molar-refractivity contribution >= 4 is 28.3 Å². The highest BCUT2D eigenvalue weighted by Crippen LogP contribution is 2.34. The Labute approximate surface area is 236 Å². The number of nitrogens with one attached hydrogen (secondary N) is 1. The number of nitrogens with zero attached hydrogens (tertiary/aromatic N) is 1. The summed E-state index contributed by atoms with van der Waals surface area (Å²) in [4.78, 5) is 16.5. The molecule has 4 rings (SSSR count). The van der Waals surface area contributed by atoms with Gasteiger partial charge in [-0.05, 0) is 69.2 Å². The smallest absolute Gasteiger partial charge is 0.310 e. The number of methoxy groups -OCH3 is 1. The number of aromatic nitrogens is 1. The first-order valence-electron chi connectivity index (χ1n) is 12.9. The lowest BCUT2D eigenvalue weighted by molar-refractivity contribution is -0.142. The third-order valence-electron chi connectivity index (χ3n) is 6.02. The minimum Gasteiger partial charge on any atom is -0.598 e. The van der Waals surface area contributed by atoms with Crippen LogP contribution in [0, 0.1) is 6.01 Å². The molecule has 0 aliphatic rings. The molecule has 0 radical (unpaired) electrons. The molecule has 1 N–H and O–H groups in total. The van der Waals surface area contributed by atoms with E-state index >= 15 is 0 Å². The molecule has 0 spiro atoms. The van der Waals surface area contributed by atoms with Crippen LogP contribution in [0.3, 0.4) is 0 Å². The van der Waals surface area contributed by atoms with Gasteiger partial charge in [0.1, 0.15) is 28.4 Å². The second kappa shape index (κ2) is 12.7. The van der Waals surface area contributed by atoms with Crippen LogP contribution in [0.2, 0.25) is 0 Å². The summed E-state index contributed by atoms with van der Waals surface area (Å²) in [6.45, 7) is 8.16. The molecule has 0 saturated heterocycles. The number of pyridine rings is 1. The Morgan fingerprint density at radius 2 is 1.95 bits per heavy atom. The fourth-order valence-corrected chi connectivity index (χ4v) is 4.76. The predicted molar refractivity (Wildman–Crippen MR) is 152 cm³/mol. The average Bonchev–Trinajstić information content (AvgIpc) is 3.30. The number of rotatable bonds is 11. The van der Waals surface area contributed by atoms with Gasteiger partial charge in [-0.2, -0.15) is 4.39 Å². The van der Waals surface area contributed by atoms with E-state index in [1.54, 1.807) is 44.5 Å². The van der Waals surface area contributed by atoms with Crippen molar-refractivity contribution in [3.63, 3.8) is 0 Å². The zero-order chi connectivity index (χ0) is 28.9. The van der Waals surface area contributed by atoms with E-state index in [9.17, 15) is 13.7 Å². The number of halogens is 1. The van der Waals surface area contributed by atoms with Crippen molar-refractivity contribution in [3.8, 4) is 22.6 Å². The number of esters is 1. The lowest BCUT2D eigenvalue weighted by Gasteiger charge is -2.23. The lowest BCUT2D eigenvalue weighted by atomic mass is 10.0. The van der Waals surface area contributed by atoms with Crippen LogP contribution in [0.25, 0.3) is 22.1 Å². The standard InChI is InChI=1S/C30H33FN2O6S/c1-6-37-28(34)15-21-7-8-24(36-5)16-26(21)38-18-19-11-22-14-27(31)39-29(22)25(12-19)20-9-10-32-23(13-20)17-33-40(35)30(2,3)4/h7-14,16,33H,6,15,17-18H2,1-5H3. The summed E-state index contributed by atoms with van der Waals surface area (Å²) in [5.74, 6) is 0.710. The molecule has 0 aliphatic carbocycles. The van der Waals surface area contributed by atoms with Crippen molar-refractivity contribution in [3.05, 3.63) is 77.6 Å². The largest absolute Gasteiger partial charge is 0.598 e. The SMILES string of the molecule is CCOC(=O)Cc1ccc(OC)cc1OCc1cc(-c2ccnc(CN[S+]([O-])C(C)(C)C)c2)c2oc(F)cc2c1. The molecule has 1 atom stereocenters. The Morgan fingerprint density at radius 1 is 1.15 bits per heavy atom. The maximum Gasteiger partial charge on any atom is 0.310 e. The number of benzene rings is 2. The maximum absolute atomic E-state index is 14.2. The van der Waals surface area contributed by atoms with Crippen LogP contribution in [0.4, 0.5) is 4.39 Å². The summed E-state index contributed by atoms with van der Waals surface area (Å²) in [5, 5.41) is 0.580. The molecule has 0 saturated carbocycles. The molecule has 212 valence electrons. The first kappa shape index (κ1) is 29.4. The van der Waals surface area contributed by atoms with Crippen LogP contribution in [0.5, 0.6) is 11.5 Å². The first-order valence-corrected chi connectivity index (χ1v) is 14.0. The topological polar surface area (TPSA) is 106 Å². The van der Waals surface area contributed by atoms with Crippen LogP contribution < -0.4 is 14.2 Å². The van der Waals surface area contributed by atoms with Gasteiger partial charge in [-0.1, -0.05) is 6.07 Å². The number of hydrogen-bond acceptors (Lipinski definition) is 8. The number of carbonyl (C=O) groups is 1. The normalized spacial score (nSPS) is 12.4. The first-order chi connectivity index (χ1) is 19.1. The second-order valence-electron chi connectivity index (χ2n) is 10.1. The monoisotopic (exact) mass is 568 g/mol. The molecule has 2 aromatic heterocycles. The van der Waals surface area contributed by atoms with Crippen molar-refractivity contribution < 1.29 is 32.4 Å². The lowest BCUT2D eigenvalue weighted by Crippen LogP contribution is -2.39. The van der Waals surface area contributed by atoms with Crippen LogP contribution in [0.1, 0.15) is 44.5 Å². The molecular weight excluding hydrogens is 535 g/mol. The number of hydrogen-bond donors (Lipinski definition) is 1. The van der Waals surface area contributed by atoms with E-state index in [0.717, 1.165) is 11.1 Å². The summed E-state index contributed by atoms with van der Waals surface area (Å²) in [5.41, 5.74) is 3.93. The minimum absolute atomic E-state index is 0.0538. The summed E-state index contributed by atoms with van der Waals surface area (Å²) in [7, 11) is 1.55. The quantitative estimate of drug-likeness (QED) is 0.177. The average molecular weight is 569 g/mol. The highest BCUT2D eigenvalue weighted by atomic mass is 32.2. The van der Waals surface area contributed by atoms with Crippen LogP contribution >= 0.6 is 0 Å². The molecule has 0 fully saturated rings. The summed E-state index contributed by atoms with van der Waals surface area (Å²) in [6, 6.07) is 13.2. The van der Waals surface area contributed by atoms with E-state index in [1.807, 2.05) is 39.0 Å². The molecule has 0 aliphatic heterocycles. The summed E-state index contributed by atoms with van der Waals surface area (Å²) in [6.07, 6.45) is 1.71. The van der Waals surface area contributed by atoms with Gasteiger partial charge in [0.2, 0.25) is 0 Å². The van der Waals surface area contributed by atoms with Crippen molar-refractivity contribution in [2.24, 2.45) is 0 Å². The molecule has 2 heterocycles. The van der Waals surface area contributed by atoms with Crippen LogP contribution in [0.15, 0.2) is 59.1 Å². The zero-order valence-electron chi connectivity index (χ0n) is 23.2. The maximum atomic E-state index is 14.2. The van der Waals surface area contributed by atoms with E-state index in [-0.39, 0.29) is 25.6 Å². The van der Waals surface area contributed by atoms with Gasteiger partial charge in [-0.15, -0.1) is 4.72 Å². The molecule has 0 amide bonds. The summed E-state index contributed by atoms with van der Waals surface area (Å²) < 4.78 is 51.2. The molecule has 2 aromatic carbocycles. The Kier molecular flexibility index (Phi) is 9.34. The molecule has 1 unspecified atom stereocenters. The van der Waals surface area contributed by atoms with Gasteiger partial charge in [0.25, 0.3) is 6.01 Å². The molecule has 10 heteroatoms. The van der Waals surface area contributed by atoms with E-state index in [2.05, 4.69) is 9.71 Å². The van der Waals surface area contributed by atoms with Gasteiger partial charge >= 0.3 is 5.97 Å². The number of ether oxygens (including phenoxy) is 3. The third kappa shape index (κ3) is 7.32. The zero-order valence-corrected chi connectivity index (χ0v) is 24.0. The van der Waals surface area contributed by atoms with Gasteiger partial charge < -0.3 is 23.2 Å². The Morgan fingerprint density at radius 3 is 2.67 bits per heavy atom. The molecule has 4 aromatic rings. The number of fused-ring (bicyclic) bond motifs is 1. The second-order valence-corrected chi connectivity index (χ2v) is 12.1. The van der Waals surface area contributed by atoms with Gasteiger partial charge in [0.15, 0.2) is 0 Å². The number of carbonyl (C=O) groups excluding carboxylic acids is 1. The highest BCUT2D eigenvalue weighted by Gasteiger charge is 2.26. The van der Waals surface area contributed by atoms with Gasteiger partial charge in [0.05, 0.1) is 32.4 Å². The Balaban J connectivity index is 1.62. The van der Waals surface area contributed by atoms with E-state index in [4.69, 9.17) is 18.6 Å². The minimum atomic E-state index is -1.25. The van der Waals surface area contributed by atoms with Gasteiger partial charge in [-0.25, -0.2) is 0 Å². The van der Waals surface area contributed by atoms with Gasteiger partial charge in [-0.3, -0.25) is 9.78 Å². The number of furan rings is 1. The molecule has 0 bridgehead atoms. The van der Waals surface area contributed by atoms with Crippen LogP contribution in [-0.2, 0) is 40.5 Å². The van der Waals surface area contributed by atoms with E-state index in [1.165, 1.54) is 6.07 Å². The molecule has 8 nitrogen and oxygen atoms in total. The predicted octanol–water partition coefficient (Wildman–Crippen LogP) is 5.88. The third-order valence-corrected chi connectivity index (χ3v) is 7.54. The Hall–Kier alpha value is -3.60. The summed E-state index contributed by atoms with van der Waals surface area (Å²) >= 11 is -1.25. The molecule has 40 heavy (non-hydrogen) atoms. The highest BCUT2D eigenvalue weighted by molar-refractivity contribution is 7.90. The van der Waals surface area contributed by atoms with Crippen LogP contribution in [-0.4, -0.2) is 34.0 Å². The van der Waals surface area contributed by atoms with Crippen molar-refractivity contribution in [1.82, 2.24) is 9.71 Å². The Bertz CT molecular complexity index is 1480. The van der Waals surface area contributed by atoms with Crippen molar-refractivity contribution in [1.29, 1.82) is 0 Å². The fraction of sp³-hybridized carbons (Fsp3) is 0.333. The van der Waals surface area contributed by atoms with Crippen molar-refractivity contribution in [2.75, 3.05) is 13.7 Å². The fourth-order valence-electron chi connectivity index (χ4n) is 4.05.